The lowest BCUT2D eigenvalue weighted by molar-refractivity contribution is -0.127. The van der Waals surface area contributed by atoms with Crippen LogP contribution in [-0.4, -0.2) is 16.9 Å². The summed E-state index contributed by atoms with van der Waals surface area (Å²) in [5.41, 5.74) is 9.71. The van der Waals surface area contributed by atoms with E-state index in [4.69, 9.17) is 5.73 Å². The number of hydrogen-bond acceptors (Lipinski definition) is 3. The summed E-state index contributed by atoms with van der Waals surface area (Å²) in [6, 6.07) is 12.4. The third-order valence-electron chi connectivity index (χ3n) is 6.07. The first kappa shape index (κ1) is 21.7. The van der Waals surface area contributed by atoms with E-state index in [2.05, 4.69) is 34.6 Å². The highest BCUT2D eigenvalue weighted by atomic mass is 35.5. The molecule has 1 aromatic carbocycles. The summed E-state index contributed by atoms with van der Waals surface area (Å²) in [4.78, 5) is 16.8. The topological polar surface area (TPSA) is 68.0 Å². The summed E-state index contributed by atoms with van der Waals surface area (Å²) < 4.78 is 0. The normalized spacial score (nSPS) is 26.6. The van der Waals surface area contributed by atoms with E-state index in [0.717, 1.165) is 29.5 Å². The molecular formula is C21H27Cl2N3O. The summed E-state index contributed by atoms with van der Waals surface area (Å²) in [5.74, 6) is 1.17. The van der Waals surface area contributed by atoms with Gasteiger partial charge in [-0.2, -0.15) is 0 Å². The number of halogens is 2. The van der Waals surface area contributed by atoms with Crippen LogP contribution in [0.3, 0.4) is 0 Å². The maximum atomic E-state index is 12.7. The number of carbonyl (C=O) groups excluding carboxylic acids is 1. The first-order chi connectivity index (χ1) is 12.1. The molecule has 0 radical (unpaired) electrons. The van der Waals surface area contributed by atoms with Crippen molar-refractivity contribution in [1.82, 2.24) is 10.3 Å². The monoisotopic (exact) mass is 407 g/mol. The van der Waals surface area contributed by atoms with E-state index < -0.39 is 0 Å². The number of rotatable bonds is 4. The molecule has 0 saturated heterocycles. The first-order valence-corrected chi connectivity index (χ1v) is 9.20. The Hall–Kier alpha value is -1.62. The highest BCUT2D eigenvalue weighted by molar-refractivity contribution is 5.85. The molecular weight excluding hydrogens is 381 g/mol. The fourth-order valence-electron chi connectivity index (χ4n) is 4.63. The van der Waals surface area contributed by atoms with Crippen LogP contribution in [-0.2, 0) is 4.79 Å². The van der Waals surface area contributed by atoms with Crippen molar-refractivity contribution in [2.75, 3.05) is 0 Å². The van der Waals surface area contributed by atoms with Crippen LogP contribution in [0.2, 0.25) is 0 Å². The second kappa shape index (κ2) is 9.05. The average molecular weight is 408 g/mol. The lowest BCUT2D eigenvalue weighted by Crippen LogP contribution is -2.45. The van der Waals surface area contributed by atoms with Crippen molar-refractivity contribution in [2.45, 2.75) is 38.3 Å². The molecule has 0 aliphatic heterocycles. The number of aromatic nitrogens is 1. The van der Waals surface area contributed by atoms with E-state index in [-0.39, 0.29) is 48.7 Å². The van der Waals surface area contributed by atoms with E-state index in [0.29, 0.717) is 11.8 Å². The first-order valence-electron chi connectivity index (χ1n) is 9.20. The minimum absolute atomic E-state index is 0. The second-order valence-electron chi connectivity index (χ2n) is 7.52. The predicted octanol–water partition coefficient (Wildman–Crippen LogP) is 4.14. The van der Waals surface area contributed by atoms with Crippen molar-refractivity contribution in [3.8, 4) is 11.1 Å². The highest BCUT2D eigenvalue weighted by Gasteiger charge is 2.49. The van der Waals surface area contributed by atoms with E-state index in [1.165, 1.54) is 6.42 Å². The minimum atomic E-state index is -0.00897. The van der Waals surface area contributed by atoms with Gasteiger partial charge in [-0.15, -0.1) is 24.8 Å². The predicted molar refractivity (Wildman–Crippen MR) is 113 cm³/mol. The van der Waals surface area contributed by atoms with Crippen LogP contribution >= 0.6 is 24.8 Å². The number of amides is 1. The molecule has 3 N–H and O–H groups in total. The van der Waals surface area contributed by atoms with Gasteiger partial charge in [-0.1, -0.05) is 24.3 Å². The molecule has 2 saturated carbocycles. The molecule has 2 aliphatic carbocycles. The van der Waals surface area contributed by atoms with Gasteiger partial charge in [0.15, 0.2) is 0 Å². The smallest absolute Gasteiger partial charge is 0.225 e. The molecule has 0 spiro atoms. The number of fused-ring (bicyclic) bond motifs is 2. The van der Waals surface area contributed by atoms with Crippen LogP contribution < -0.4 is 11.1 Å². The molecule has 2 aromatic rings. The van der Waals surface area contributed by atoms with E-state index in [1.807, 2.05) is 19.1 Å². The molecule has 27 heavy (non-hydrogen) atoms. The standard InChI is InChI=1S/C21H25N3O.2ClH/c1-13(24-21(25)19-17-6-7-18(12-17)20(19)22)14-2-4-15(5-3-14)16-8-10-23-11-9-16;;/h2-5,8-11,13,17-20H,6-7,12,22H2,1H3,(H,24,25);2*1H. The fraction of sp³-hybridized carbons (Fsp3) is 0.429. The third kappa shape index (κ3) is 4.29. The van der Waals surface area contributed by atoms with Crippen LogP contribution in [0.25, 0.3) is 11.1 Å². The number of hydrogen-bond donors (Lipinski definition) is 2. The van der Waals surface area contributed by atoms with Gasteiger partial charge < -0.3 is 11.1 Å². The minimum Gasteiger partial charge on any atom is -0.349 e. The molecule has 5 unspecified atom stereocenters. The van der Waals surface area contributed by atoms with Crippen molar-refractivity contribution in [1.29, 1.82) is 0 Å². The molecule has 4 nitrogen and oxygen atoms in total. The fourth-order valence-corrected chi connectivity index (χ4v) is 4.63. The number of nitrogens with zero attached hydrogens (tertiary/aromatic N) is 1. The third-order valence-corrected chi connectivity index (χ3v) is 6.07. The van der Waals surface area contributed by atoms with Crippen molar-refractivity contribution in [3.63, 3.8) is 0 Å². The van der Waals surface area contributed by atoms with E-state index in [1.54, 1.807) is 12.4 Å². The van der Waals surface area contributed by atoms with Gasteiger partial charge in [0.2, 0.25) is 5.91 Å². The van der Waals surface area contributed by atoms with Gasteiger partial charge in [0.1, 0.15) is 0 Å². The highest BCUT2D eigenvalue weighted by Crippen LogP contribution is 2.47. The van der Waals surface area contributed by atoms with E-state index in [9.17, 15) is 4.79 Å². The molecule has 146 valence electrons. The van der Waals surface area contributed by atoms with Crippen molar-refractivity contribution in [2.24, 2.45) is 23.5 Å². The van der Waals surface area contributed by atoms with Crippen LogP contribution in [0.15, 0.2) is 48.8 Å². The Labute approximate surface area is 173 Å². The number of benzene rings is 1. The Kier molecular flexibility index (Phi) is 7.26. The van der Waals surface area contributed by atoms with Gasteiger partial charge in [-0.25, -0.2) is 0 Å². The number of nitrogens with two attached hydrogens (primary N) is 1. The second-order valence-corrected chi connectivity index (χ2v) is 7.52. The van der Waals surface area contributed by atoms with Crippen molar-refractivity contribution in [3.05, 3.63) is 54.4 Å². The Bertz CT molecular complexity index is 752. The van der Waals surface area contributed by atoms with Gasteiger partial charge in [0.25, 0.3) is 0 Å². The summed E-state index contributed by atoms with van der Waals surface area (Å²) in [7, 11) is 0. The zero-order valence-corrected chi connectivity index (χ0v) is 17.0. The summed E-state index contributed by atoms with van der Waals surface area (Å²) in [5, 5.41) is 3.18. The van der Waals surface area contributed by atoms with Gasteiger partial charge in [0, 0.05) is 18.4 Å². The van der Waals surface area contributed by atoms with Crippen LogP contribution in [0.4, 0.5) is 0 Å². The Morgan fingerprint density at radius 2 is 1.63 bits per heavy atom. The number of pyridine rings is 1. The SMILES string of the molecule is CC(NC(=O)C1C2CCC(C2)C1N)c1ccc(-c2ccncc2)cc1.Cl.Cl. The van der Waals surface area contributed by atoms with Crippen molar-refractivity contribution < 1.29 is 4.79 Å². The van der Waals surface area contributed by atoms with Gasteiger partial charge >= 0.3 is 0 Å². The lowest BCUT2D eigenvalue weighted by Gasteiger charge is -2.28. The largest absolute Gasteiger partial charge is 0.349 e. The number of carbonyl (C=O) groups is 1. The molecule has 6 heteroatoms. The van der Waals surface area contributed by atoms with E-state index >= 15 is 0 Å². The zero-order valence-electron chi connectivity index (χ0n) is 15.4. The molecule has 4 rings (SSSR count). The molecule has 2 aliphatic rings. The molecule has 1 aromatic heterocycles. The number of nitrogens with one attached hydrogen (secondary N) is 1. The Balaban J connectivity index is 0.00000131. The van der Waals surface area contributed by atoms with Crippen LogP contribution in [0.1, 0.15) is 37.8 Å². The maximum absolute atomic E-state index is 12.7. The average Bonchev–Trinajstić information content (AvgIpc) is 3.23. The summed E-state index contributed by atoms with van der Waals surface area (Å²) in [6.07, 6.45) is 7.08. The molecule has 1 heterocycles. The van der Waals surface area contributed by atoms with Crippen LogP contribution in [0.5, 0.6) is 0 Å². The Morgan fingerprint density at radius 3 is 2.22 bits per heavy atom. The Morgan fingerprint density at radius 1 is 1.04 bits per heavy atom. The quantitative estimate of drug-likeness (QED) is 0.799. The summed E-state index contributed by atoms with van der Waals surface area (Å²) >= 11 is 0. The zero-order chi connectivity index (χ0) is 17.4. The molecule has 5 atom stereocenters. The maximum Gasteiger partial charge on any atom is 0.225 e. The molecule has 2 bridgehead atoms. The van der Waals surface area contributed by atoms with Gasteiger partial charge in [-0.05, 0) is 66.8 Å². The lowest BCUT2D eigenvalue weighted by atomic mass is 9.84. The summed E-state index contributed by atoms with van der Waals surface area (Å²) in [6.45, 7) is 2.04. The molecule has 1 amide bonds. The van der Waals surface area contributed by atoms with Gasteiger partial charge in [0.05, 0.1) is 12.0 Å². The molecule has 2 fully saturated rings. The van der Waals surface area contributed by atoms with Crippen LogP contribution in [0, 0.1) is 17.8 Å². The van der Waals surface area contributed by atoms with Crippen molar-refractivity contribution >= 4 is 30.7 Å². The van der Waals surface area contributed by atoms with Gasteiger partial charge in [-0.3, -0.25) is 9.78 Å².